The van der Waals surface area contributed by atoms with Crippen LogP contribution in [0, 0.1) is 0 Å². The second-order valence-corrected chi connectivity index (χ2v) is 7.69. The van der Waals surface area contributed by atoms with Gasteiger partial charge in [0.15, 0.2) is 0 Å². The summed E-state index contributed by atoms with van der Waals surface area (Å²) in [6.45, 7) is 5.35. The highest BCUT2D eigenvalue weighted by Crippen LogP contribution is 2.42. The molecule has 2 aromatic carbocycles. The summed E-state index contributed by atoms with van der Waals surface area (Å²) in [6.07, 6.45) is 3.15. The number of carbonyl (C=O) groups excluding carboxylic acids is 1. The maximum atomic E-state index is 11.9. The lowest BCUT2D eigenvalue weighted by molar-refractivity contribution is -0.112. The Hall–Kier alpha value is -4.46. The molecule has 0 saturated carbocycles. The average molecular weight is 423 g/mol. The van der Waals surface area contributed by atoms with E-state index in [4.69, 9.17) is 5.73 Å². The summed E-state index contributed by atoms with van der Waals surface area (Å²) in [5, 5.41) is 3.63. The number of anilines is 2. The van der Waals surface area contributed by atoms with Gasteiger partial charge in [0.1, 0.15) is 17.8 Å². The fourth-order valence-electron chi connectivity index (χ4n) is 3.93. The third-order valence-corrected chi connectivity index (χ3v) is 5.51. The molecule has 0 bridgehead atoms. The molecule has 0 radical (unpaired) electrons. The SMILES string of the molecule is C=C(C)C(=O)Nc1ccc(-c2c(-c3ccc4nc[nH]c4c3)c3c(N)ncnc3n2C)cc1. The van der Waals surface area contributed by atoms with Gasteiger partial charge in [0.05, 0.1) is 28.4 Å². The molecule has 0 unspecified atom stereocenters. The molecule has 0 aliphatic heterocycles. The van der Waals surface area contributed by atoms with Crippen molar-refractivity contribution in [1.29, 1.82) is 0 Å². The molecule has 4 N–H and O–H groups in total. The van der Waals surface area contributed by atoms with Crippen LogP contribution in [0.1, 0.15) is 6.92 Å². The highest BCUT2D eigenvalue weighted by Gasteiger charge is 2.22. The Morgan fingerprint density at radius 2 is 1.84 bits per heavy atom. The minimum atomic E-state index is -0.209. The van der Waals surface area contributed by atoms with Gasteiger partial charge in [0.25, 0.3) is 5.91 Å². The summed E-state index contributed by atoms with van der Waals surface area (Å²) in [4.78, 5) is 28.1. The number of nitrogens with two attached hydrogens (primary N) is 1. The number of benzene rings is 2. The number of fused-ring (bicyclic) bond motifs is 2. The van der Waals surface area contributed by atoms with E-state index in [1.807, 2.05) is 48.0 Å². The van der Waals surface area contributed by atoms with E-state index in [0.717, 1.165) is 44.5 Å². The van der Waals surface area contributed by atoms with Crippen LogP contribution in [0.5, 0.6) is 0 Å². The topological polar surface area (TPSA) is 115 Å². The summed E-state index contributed by atoms with van der Waals surface area (Å²) in [5.41, 5.74) is 13.8. The van der Waals surface area contributed by atoms with E-state index in [1.165, 1.54) is 6.33 Å². The molecule has 3 heterocycles. The lowest BCUT2D eigenvalue weighted by atomic mass is 9.98. The molecule has 5 aromatic rings. The number of aromatic amines is 1. The number of rotatable bonds is 4. The Morgan fingerprint density at radius 1 is 1.09 bits per heavy atom. The van der Waals surface area contributed by atoms with Crippen molar-refractivity contribution in [3.05, 3.63) is 67.3 Å². The highest BCUT2D eigenvalue weighted by atomic mass is 16.1. The van der Waals surface area contributed by atoms with Gasteiger partial charge in [-0.05, 0) is 42.3 Å². The Labute approximate surface area is 183 Å². The Balaban J connectivity index is 1.72. The van der Waals surface area contributed by atoms with Gasteiger partial charge < -0.3 is 20.6 Å². The van der Waals surface area contributed by atoms with Gasteiger partial charge in [-0.25, -0.2) is 15.0 Å². The van der Waals surface area contributed by atoms with E-state index in [9.17, 15) is 4.79 Å². The Bertz CT molecular complexity index is 1510. The molecule has 158 valence electrons. The molecule has 0 atom stereocenters. The first kappa shape index (κ1) is 19.5. The quantitative estimate of drug-likeness (QED) is 0.373. The fourth-order valence-corrected chi connectivity index (χ4v) is 3.93. The van der Waals surface area contributed by atoms with E-state index in [-0.39, 0.29) is 5.91 Å². The highest BCUT2D eigenvalue weighted by molar-refractivity contribution is 6.08. The molecule has 0 aliphatic carbocycles. The normalized spacial score (nSPS) is 11.2. The third kappa shape index (κ3) is 3.09. The van der Waals surface area contributed by atoms with Gasteiger partial charge in [-0.15, -0.1) is 0 Å². The van der Waals surface area contributed by atoms with Crippen LogP contribution in [0.2, 0.25) is 0 Å². The van der Waals surface area contributed by atoms with Gasteiger partial charge in [-0.2, -0.15) is 0 Å². The zero-order valence-corrected chi connectivity index (χ0v) is 17.7. The molecule has 1 amide bonds. The van der Waals surface area contributed by atoms with Crippen molar-refractivity contribution in [2.75, 3.05) is 11.1 Å². The van der Waals surface area contributed by atoms with Crippen LogP contribution >= 0.6 is 0 Å². The molecular weight excluding hydrogens is 402 g/mol. The molecule has 0 spiro atoms. The fraction of sp³-hybridized carbons (Fsp3) is 0.0833. The van der Waals surface area contributed by atoms with Crippen LogP contribution in [-0.2, 0) is 11.8 Å². The summed E-state index contributed by atoms with van der Waals surface area (Å²) in [5.74, 6) is 0.209. The predicted octanol–water partition coefficient (Wildman–Crippen LogP) is 4.28. The third-order valence-electron chi connectivity index (χ3n) is 5.51. The molecule has 3 aromatic heterocycles. The van der Waals surface area contributed by atoms with Gasteiger partial charge >= 0.3 is 0 Å². The van der Waals surface area contributed by atoms with Gasteiger partial charge in [0.2, 0.25) is 0 Å². The van der Waals surface area contributed by atoms with Crippen molar-refractivity contribution in [1.82, 2.24) is 24.5 Å². The Kier molecular flexibility index (Phi) is 4.48. The van der Waals surface area contributed by atoms with Gasteiger partial charge in [-0.3, -0.25) is 4.79 Å². The maximum Gasteiger partial charge on any atom is 0.250 e. The smallest absolute Gasteiger partial charge is 0.250 e. The van der Waals surface area contributed by atoms with Crippen molar-refractivity contribution < 1.29 is 4.79 Å². The number of nitrogens with one attached hydrogen (secondary N) is 2. The van der Waals surface area contributed by atoms with Crippen LogP contribution in [0.3, 0.4) is 0 Å². The standard InChI is InChI=1S/C24H21N7O/c1-13(2)24(32)30-16-7-4-14(5-8-16)21-19(15-6-9-17-18(10-15)27-11-26-17)20-22(25)28-12-29-23(20)31(21)3/h4-12H,1H2,2-3H3,(H,26,27)(H,30,32)(H2,25,28,29). The second kappa shape index (κ2) is 7.35. The molecule has 0 aliphatic rings. The number of aromatic nitrogens is 5. The van der Waals surface area contributed by atoms with Crippen molar-refractivity contribution >= 4 is 39.5 Å². The maximum absolute atomic E-state index is 11.9. The van der Waals surface area contributed by atoms with Crippen LogP contribution in [-0.4, -0.2) is 30.4 Å². The van der Waals surface area contributed by atoms with Crippen LogP contribution < -0.4 is 11.1 Å². The largest absolute Gasteiger partial charge is 0.383 e. The van der Waals surface area contributed by atoms with Crippen molar-refractivity contribution in [3.8, 4) is 22.4 Å². The van der Waals surface area contributed by atoms with Gasteiger partial charge in [-0.1, -0.05) is 24.8 Å². The summed E-state index contributed by atoms with van der Waals surface area (Å²) < 4.78 is 2.02. The number of hydrogen-bond donors (Lipinski definition) is 3. The lowest BCUT2D eigenvalue weighted by Crippen LogP contribution is -2.11. The van der Waals surface area contributed by atoms with E-state index in [2.05, 4.69) is 37.9 Å². The van der Waals surface area contributed by atoms with E-state index in [1.54, 1.807) is 13.3 Å². The number of H-pyrrole nitrogens is 1. The first-order valence-electron chi connectivity index (χ1n) is 10.0. The predicted molar refractivity (Wildman–Crippen MR) is 127 cm³/mol. The number of aryl methyl sites for hydroxylation is 1. The number of amides is 1. The molecule has 0 fully saturated rings. The zero-order chi connectivity index (χ0) is 22.4. The van der Waals surface area contributed by atoms with Crippen molar-refractivity contribution in [3.63, 3.8) is 0 Å². The lowest BCUT2D eigenvalue weighted by Gasteiger charge is -2.11. The van der Waals surface area contributed by atoms with E-state index in [0.29, 0.717) is 17.1 Å². The molecule has 32 heavy (non-hydrogen) atoms. The minimum absolute atomic E-state index is 0.209. The monoisotopic (exact) mass is 423 g/mol. The van der Waals surface area contributed by atoms with Crippen LogP contribution in [0.25, 0.3) is 44.5 Å². The molecule has 5 rings (SSSR count). The second-order valence-electron chi connectivity index (χ2n) is 7.69. The van der Waals surface area contributed by atoms with Crippen molar-refractivity contribution in [2.45, 2.75) is 6.92 Å². The number of carbonyl (C=O) groups is 1. The van der Waals surface area contributed by atoms with Crippen molar-refractivity contribution in [2.24, 2.45) is 7.05 Å². The van der Waals surface area contributed by atoms with E-state index < -0.39 is 0 Å². The number of imidazole rings is 1. The van der Waals surface area contributed by atoms with E-state index >= 15 is 0 Å². The molecule has 8 heteroatoms. The summed E-state index contributed by atoms with van der Waals surface area (Å²) in [6, 6.07) is 13.7. The zero-order valence-electron chi connectivity index (χ0n) is 17.7. The van der Waals surface area contributed by atoms with Gasteiger partial charge in [0, 0.05) is 23.9 Å². The van der Waals surface area contributed by atoms with Crippen LogP contribution in [0.4, 0.5) is 11.5 Å². The minimum Gasteiger partial charge on any atom is -0.383 e. The first-order valence-corrected chi connectivity index (χ1v) is 10.0. The first-order chi connectivity index (χ1) is 15.4. The number of hydrogen-bond acceptors (Lipinski definition) is 5. The molecule has 0 saturated heterocycles. The summed E-state index contributed by atoms with van der Waals surface area (Å²) >= 11 is 0. The molecule has 8 nitrogen and oxygen atoms in total. The number of nitrogen functional groups attached to an aromatic ring is 1. The number of nitrogens with zero attached hydrogens (tertiary/aromatic N) is 4. The summed E-state index contributed by atoms with van der Waals surface area (Å²) in [7, 11) is 1.96. The Morgan fingerprint density at radius 3 is 2.59 bits per heavy atom. The van der Waals surface area contributed by atoms with Crippen LogP contribution in [0.15, 0.2) is 67.3 Å². The average Bonchev–Trinajstić information content (AvgIpc) is 3.37. The molecular formula is C24H21N7O.